The molecule has 2 atom stereocenters. The number of aliphatic hydroxyl groups is 1. The Balaban J connectivity index is 2.13. The first-order valence-electron chi connectivity index (χ1n) is 8.30. The molecule has 1 aliphatic rings. The van der Waals surface area contributed by atoms with E-state index in [1.807, 2.05) is 0 Å². The number of nitrogens with zero attached hydrogens (tertiary/aromatic N) is 2. The van der Waals surface area contributed by atoms with Gasteiger partial charge in [-0.2, -0.15) is 0 Å². The van der Waals surface area contributed by atoms with Crippen LogP contribution in [0, 0.1) is 5.82 Å². The van der Waals surface area contributed by atoms with Gasteiger partial charge in [0.2, 0.25) is 0 Å². The van der Waals surface area contributed by atoms with Crippen LogP contribution < -0.4 is 0 Å². The number of aliphatic hydroxyl groups excluding tert-OH is 1. The van der Waals surface area contributed by atoms with Crippen LogP contribution in [0.4, 0.5) is 4.39 Å². The van der Waals surface area contributed by atoms with Crippen molar-refractivity contribution in [3.63, 3.8) is 0 Å². The third-order valence-corrected chi connectivity index (χ3v) is 4.44. The summed E-state index contributed by atoms with van der Waals surface area (Å²) < 4.78 is 21.2. The second-order valence-electron chi connectivity index (χ2n) is 5.97. The normalized spacial score (nSPS) is 20.8. The largest absolute Gasteiger partial charge is 0.461 e. The first kappa shape index (κ1) is 16.6. The quantitative estimate of drug-likeness (QED) is 0.872. The summed E-state index contributed by atoms with van der Waals surface area (Å²) in [5.41, 5.74) is 0.744. The molecule has 0 unspecified atom stereocenters. The van der Waals surface area contributed by atoms with Crippen LogP contribution in [0.1, 0.15) is 49.1 Å². The van der Waals surface area contributed by atoms with E-state index in [1.165, 1.54) is 12.4 Å². The van der Waals surface area contributed by atoms with Crippen LogP contribution in [0.3, 0.4) is 0 Å². The number of hydrogen-bond acceptors (Lipinski definition) is 4. The highest BCUT2D eigenvalue weighted by Gasteiger charge is 2.30. The van der Waals surface area contributed by atoms with E-state index in [2.05, 4.69) is 4.98 Å². The molecule has 0 saturated heterocycles. The standard InChI is InChI=1S/C18H21FN2O3/c1-2-24-18(23)16-17(12-7-3-4-8-13(12)19)21(11-20-16)14-9-5-6-10-15(14)22/h3-4,7-8,11,14-15,22H,2,5-6,9-10H2,1H3/t14-,15+/m0/s1. The van der Waals surface area contributed by atoms with E-state index in [1.54, 1.807) is 29.7 Å². The molecule has 1 N–H and O–H groups in total. The van der Waals surface area contributed by atoms with Crippen molar-refractivity contribution in [3.8, 4) is 11.3 Å². The topological polar surface area (TPSA) is 64.3 Å². The van der Waals surface area contributed by atoms with Crippen LogP contribution in [-0.4, -0.2) is 33.3 Å². The van der Waals surface area contributed by atoms with Crippen LogP contribution in [0.2, 0.25) is 0 Å². The van der Waals surface area contributed by atoms with Crippen molar-refractivity contribution in [2.75, 3.05) is 6.61 Å². The average Bonchev–Trinajstić information content (AvgIpc) is 3.00. The molecule has 128 valence electrons. The lowest BCUT2D eigenvalue weighted by Crippen LogP contribution is -2.28. The number of hydrogen-bond donors (Lipinski definition) is 1. The minimum atomic E-state index is -0.584. The molecular weight excluding hydrogens is 311 g/mol. The van der Waals surface area contributed by atoms with Crippen molar-refractivity contribution in [2.24, 2.45) is 0 Å². The lowest BCUT2D eigenvalue weighted by atomic mass is 9.92. The molecule has 5 nitrogen and oxygen atoms in total. The minimum Gasteiger partial charge on any atom is -0.461 e. The maximum atomic E-state index is 14.4. The second kappa shape index (κ2) is 7.13. The van der Waals surface area contributed by atoms with Gasteiger partial charge in [-0.15, -0.1) is 0 Å². The van der Waals surface area contributed by atoms with Gasteiger partial charge < -0.3 is 14.4 Å². The number of halogens is 1. The smallest absolute Gasteiger partial charge is 0.359 e. The van der Waals surface area contributed by atoms with Crippen molar-refractivity contribution < 1.29 is 19.0 Å². The summed E-state index contributed by atoms with van der Waals surface area (Å²) in [6.45, 7) is 1.93. The lowest BCUT2D eigenvalue weighted by Gasteiger charge is -2.30. The molecule has 0 aliphatic heterocycles. The summed E-state index contributed by atoms with van der Waals surface area (Å²) in [6.07, 6.45) is 4.37. The molecule has 1 aromatic carbocycles. The molecule has 3 rings (SSSR count). The van der Waals surface area contributed by atoms with Crippen molar-refractivity contribution >= 4 is 5.97 Å². The minimum absolute atomic E-state index is 0.0831. The lowest BCUT2D eigenvalue weighted by molar-refractivity contribution is 0.0519. The maximum Gasteiger partial charge on any atom is 0.359 e. The zero-order valence-electron chi connectivity index (χ0n) is 13.6. The Kier molecular flexibility index (Phi) is 4.94. The fraction of sp³-hybridized carbons (Fsp3) is 0.444. The molecule has 6 heteroatoms. The molecule has 1 saturated carbocycles. The zero-order valence-corrected chi connectivity index (χ0v) is 13.6. The first-order chi connectivity index (χ1) is 11.6. The van der Waals surface area contributed by atoms with Gasteiger partial charge in [-0.25, -0.2) is 14.2 Å². The number of benzene rings is 1. The van der Waals surface area contributed by atoms with Gasteiger partial charge in [0.1, 0.15) is 5.82 Å². The van der Waals surface area contributed by atoms with E-state index in [-0.39, 0.29) is 23.9 Å². The Labute approximate surface area is 140 Å². The maximum absolute atomic E-state index is 14.4. The second-order valence-corrected chi connectivity index (χ2v) is 5.97. The third-order valence-electron chi connectivity index (χ3n) is 4.44. The zero-order chi connectivity index (χ0) is 17.1. The van der Waals surface area contributed by atoms with E-state index in [4.69, 9.17) is 4.74 Å². The molecular formula is C18H21FN2O3. The van der Waals surface area contributed by atoms with Gasteiger partial charge in [0.05, 0.1) is 30.8 Å². The summed E-state index contributed by atoms with van der Waals surface area (Å²) >= 11 is 0. The number of ether oxygens (including phenoxy) is 1. The molecule has 0 spiro atoms. The van der Waals surface area contributed by atoms with Gasteiger partial charge in [-0.05, 0) is 31.9 Å². The third kappa shape index (κ3) is 3.06. The fourth-order valence-electron chi connectivity index (χ4n) is 3.30. The van der Waals surface area contributed by atoms with Gasteiger partial charge >= 0.3 is 5.97 Å². The van der Waals surface area contributed by atoms with Gasteiger partial charge in [0.15, 0.2) is 5.69 Å². The number of esters is 1. The molecule has 0 bridgehead atoms. The molecule has 1 aliphatic carbocycles. The van der Waals surface area contributed by atoms with Crippen LogP contribution in [-0.2, 0) is 4.74 Å². The summed E-state index contributed by atoms with van der Waals surface area (Å²) in [5, 5.41) is 10.4. The Morgan fingerprint density at radius 1 is 1.38 bits per heavy atom. The van der Waals surface area contributed by atoms with Gasteiger partial charge in [0.25, 0.3) is 0 Å². The SMILES string of the molecule is CCOC(=O)c1ncn([C@H]2CCCC[C@H]2O)c1-c1ccccc1F. The van der Waals surface area contributed by atoms with E-state index < -0.39 is 17.9 Å². The Morgan fingerprint density at radius 2 is 2.12 bits per heavy atom. The predicted molar refractivity (Wildman–Crippen MR) is 87.1 cm³/mol. The highest BCUT2D eigenvalue weighted by atomic mass is 19.1. The number of imidazole rings is 1. The van der Waals surface area contributed by atoms with E-state index in [0.29, 0.717) is 12.1 Å². The molecule has 0 amide bonds. The Morgan fingerprint density at radius 3 is 2.83 bits per heavy atom. The van der Waals surface area contributed by atoms with Gasteiger partial charge in [0, 0.05) is 5.56 Å². The van der Waals surface area contributed by atoms with E-state index in [0.717, 1.165) is 19.3 Å². The summed E-state index contributed by atoms with van der Waals surface area (Å²) in [4.78, 5) is 16.4. The van der Waals surface area contributed by atoms with E-state index >= 15 is 0 Å². The summed E-state index contributed by atoms with van der Waals surface area (Å²) in [6, 6.07) is 6.05. The van der Waals surface area contributed by atoms with Crippen molar-refractivity contribution in [3.05, 3.63) is 42.1 Å². The van der Waals surface area contributed by atoms with Crippen LogP contribution in [0.15, 0.2) is 30.6 Å². The van der Waals surface area contributed by atoms with Crippen LogP contribution >= 0.6 is 0 Å². The molecule has 2 aromatic rings. The van der Waals surface area contributed by atoms with Crippen molar-refractivity contribution in [2.45, 2.75) is 44.8 Å². The molecule has 1 aromatic heterocycles. The molecule has 0 radical (unpaired) electrons. The molecule has 1 heterocycles. The van der Waals surface area contributed by atoms with Gasteiger partial charge in [-0.1, -0.05) is 25.0 Å². The summed E-state index contributed by atoms with van der Waals surface area (Å²) in [7, 11) is 0. The molecule has 1 fully saturated rings. The van der Waals surface area contributed by atoms with Crippen molar-refractivity contribution in [1.29, 1.82) is 0 Å². The van der Waals surface area contributed by atoms with Crippen molar-refractivity contribution in [1.82, 2.24) is 9.55 Å². The first-order valence-corrected chi connectivity index (χ1v) is 8.30. The summed E-state index contributed by atoms with van der Waals surface area (Å²) in [5.74, 6) is -1.02. The fourth-order valence-corrected chi connectivity index (χ4v) is 3.30. The predicted octanol–water partition coefficient (Wildman–Crippen LogP) is 3.34. The van der Waals surface area contributed by atoms with Gasteiger partial charge in [-0.3, -0.25) is 0 Å². The van der Waals surface area contributed by atoms with Crippen LogP contribution in [0.5, 0.6) is 0 Å². The highest BCUT2D eigenvalue weighted by molar-refractivity contribution is 5.94. The number of carbonyl (C=O) groups is 1. The molecule has 24 heavy (non-hydrogen) atoms. The van der Waals surface area contributed by atoms with Crippen LogP contribution in [0.25, 0.3) is 11.3 Å². The Bertz CT molecular complexity index is 729. The number of carbonyl (C=O) groups excluding carboxylic acids is 1. The average molecular weight is 332 g/mol. The highest BCUT2D eigenvalue weighted by Crippen LogP contribution is 2.35. The van der Waals surface area contributed by atoms with E-state index in [9.17, 15) is 14.3 Å². The number of rotatable bonds is 4. The monoisotopic (exact) mass is 332 g/mol. The number of aromatic nitrogens is 2. The Hall–Kier alpha value is -2.21.